The lowest BCUT2D eigenvalue weighted by Crippen LogP contribution is -2.34. The number of carbonyl (C=O) groups excluding carboxylic acids is 2. The number of phenolic OH excluding ortho intramolecular Hbond substituents is 1. The van der Waals surface area contributed by atoms with Gasteiger partial charge in [0.1, 0.15) is 0 Å². The minimum Gasteiger partial charge on any atom is -0.504 e. The number of aliphatic hydroxyl groups excluding tert-OH is 1. The van der Waals surface area contributed by atoms with E-state index in [1.807, 2.05) is 0 Å². The molecule has 1 amide bonds. The highest BCUT2D eigenvalue weighted by Crippen LogP contribution is 2.42. The topological polar surface area (TPSA) is 96.3 Å². The number of ether oxygens (including phenoxy) is 2. The van der Waals surface area contributed by atoms with Gasteiger partial charge in [-0.2, -0.15) is 0 Å². The summed E-state index contributed by atoms with van der Waals surface area (Å²) in [5.74, 6) is -1.17. The van der Waals surface area contributed by atoms with Crippen LogP contribution in [0, 0.1) is 5.41 Å². The SMILES string of the molecule is CCOc1cc(C2C(C(=O)C(C)(C)C)=C(O)C(=O)N2CCCOC)ccc1O. The number of Topliss-reactive ketones (excluding diaryl/α,β-unsaturated/α-hetero) is 1. The molecular weight excluding hydrogens is 362 g/mol. The fourth-order valence-electron chi connectivity index (χ4n) is 3.22. The number of phenols is 1. The maximum absolute atomic E-state index is 13.1. The molecule has 0 spiro atoms. The molecule has 7 heteroatoms. The maximum Gasteiger partial charge on any atom is 0.290 e. The van der Waals surface area contributed by atoms with Crippen LogP contribution in [0.1, 0.15) is 45.7 Å². The molecule has 2 rings (SSSR count). The standard InChI is InChI=1S/C21H29NO6/c1-6-28-15-12-13(8-9-14(15)23)17-16(19(25)21(2,3)4)18(24)20(26)22(17)10-7-11-27-5/h8-9,12,17,23-24H,6-7,10-11H2,1-5H3. The van der Waals surface area contributed by atoms with Gasteiger partial charge in [-0.1, -0.05) is 26.8 Å². The van der Waals surface area contributed by atoms with Crippen LogP contribution < -0.4 is 4.74 Å². The smallest absolute Gasteiger partial charge is 0.290 e. The second kappa shape index (κ2) is 8.65. The molecule has 2 N–H and O–H groups in total. The van der Waals surface area contributed by atoms with Crippen molar-refractivity contribution in [2.75, 3.05) is 26.9 Å². The first-order valence-corrected chi connectivity index (χ1v) is 9.37. The Hall–Kier alpha value is -2.54. The zero-order valence-electron chi connectivity index (χ0n) is 17.1. The van der Waals surface area contributed by atoms with Crippen LogP contribution in [0.4, 0.5) is 0 Å². The van der Waals surface area contributed by atoms with Gasteiger partial charge < -0.3 is 24.6 Å². The normalized spacial score (nSPS) is 17.4. The lowest BCUT2D eigenvalue weighted by Gasteiger charge is -2.29. The summed E-state index contributed by atoms with van der Waals surface area (Å²) < 4.78 is 10.5. The molecule has 1 aromatic rings. The summed E-state index contributed by atoms with van der Waals surface area (Å²) >= 11 is 0. The minimum atomic E-state index is -0.774. The average Bonchev–Trinajstić information content (AvgIpc) is 2.87. The largest absolute Gasteiger partial charge is 0.504 e. The molecule has 7 nitrogen and oxygen atoms in total. The van der Waals surface area contributed by atoms with Gasteiger partial charge >= 0.3 is 0 Å². The number of aliphatic hydroxyl groups is 1. The molecule has 0 fully saturated rings. The predicted molar refractivity (Wildman–Crippen MR) is 104 cm³/mol. The van der Waals surface area contributed by atoms with Gasteiger partial charge in [-0.05, 0) is 31.0 Å². The number of carbonyl (C=O) groups is 2. The third-order valence-corrected chi connectivity index (χ3v) is 4.58. The van der Waals surface area contributed by atoms with Crippen LogP contribution in [-0.2, 0) is 14.3 Å². The summed E-state index contributed by atoms with van der Waals surface area (Å²) in [6, 6.07) is 3.95. The minimum absolute atomic E-state index is 0.0299. The molecule has 0 aliphatic carbocycles. The summed E-state index contributed by atoms with van der Waals surface area (Å²) in [5, 5.41) is 20.5. The molecule has 1 aromatic carbocycles. The zero-order valence-corrected chi connectivity index (χ0v) is 17.1. The van der Waals surface area contributed by atoms with Crippen molar-refractivity contribution < 1.29 is 29.3 Å². The monoisotopic (exact) mass is 391 g/mol. The highest BCUT2D eigenvalue weighted by molar-refractivity contribution is 6.10. The van der Waals surface area contributed by atoms with Crippen molar-refractivity contribution >= 4 is 11.7 Å². The average molecular weight is 391 g/mol. The molecule has 1 atom stereocenters. The van der Waals surface area contributed by atoms with Gasteiger partial charge in [-0.25, -0.2) is 0 Å². The van der Waals surface area contributed by atoms with Gasteiger partial charge in [0.25, 0.3) is 5.91 Å². The van der Waals surface area contributed by atoms with Crippen molar-refractivity contribution in [3.05, 3.63) is 35.1 Å². The van der Waals surface area contributed by atoms with E-state index in [9.17, 15) is 19.8 Å². The van der Waals surface area contributed by atoms with Crippen molar-refractivity contribution in [2.45, 2.75) is 40.2 Å². The predicted octanol–water partition coefficient (Wildman–Crippen LogP) is 3.14. The van der Waals surface area contributed by atoms with Crippen LogP contribution in [-0.4, -0.2) is 53.7 Å². The third-order valence-electron chi connectivity index (χ3n) is 4.58. The Balaban J connectivity index is 2.55. The van der Waals surface area contributed by atoms with E-state index in [0.29, 0.717) is 31.7 Å². The molecule has 1 aliphatic heterocycles. The Bertz CT molecular complexity index is 778. The van der Waals surface area contributed by atoms with E-state index in [-0.39, 0.29) is 22.9 Å². The van der Waals surface area contributed by atoms with Gasteiger partial charge in [0.05, 0.1) is 18.2 Å². The van der Waals surface area contributed by atoms with Crippen molar-refractivity contribution in [3.8, 4) is 11.5 Å². The Kier molecular flexibility index (Phi) is 6.72. The lowest BCUT2D eigenvalue weighted by atomic mass is 9.82. The molecular formula is C21H29NO6. The van der Waals surface area contributed by atoms with Gasteiger partial charge in [0, 0.05) is 25.7 Å². The molecule has 0 saturated carbocycles. The van der Waals surface area contributed by atoms with Crippen LogP contribution >= 0.6 is 0 Å². The van der Waals surface area contributed by atoms with Crippen molar-refractivity contribution in [1.82, 2.24) is 4.90 Å². The molecule has 154 valence electrons. The number of hydrogen-bond donors (Lipinski definition) is 2. The Labute approximate surface area is 165 Å². The van der Waals surface area contributed by atoms with Crippen LogP contribution in [0.2, 0.25) is 0 Å². The Morgan fingerprint density at radius 3 is 2.50 bits per heavy atom. The van der Waals surface area contributed by atoms with E-state index < -0.39 is 23.1 Å². The fourth-order valence-corrected chi connectivity index (χ4v) is 3.22. The summed E-state index contributed by atoms with van der Waals surface area (Å²) in [6.07, 6.45) is 0.555. The van der Waals surface area contributed by atoms with Crippen LogP contribution in [0.3, 0.4) is 0 Å². The molecule has 0 bridgehead atoms. The molecule has 28 heavy (non-hydrogen) atoms. The molecule has 0 saturated heterocycles. The number of rotatable bonds is 8. The molecule has 1 heterocycles. The Morgan fingerprint density at radius 2 is 1.93 bits per heavy atom. The lowest BCUT2D eigenvalue weighted by molar-refractivity contribution is -0.129. The van der Waals surface area contributed by atoms with Gasteiger partial charge in [-0.3, -0.25) is 9.59 Å². The van der Waals surface area contributed by atoms with Gasteiger partial charge in [0.2, 0.25) is 0 Å². The van der Waals surface area contributed by atoms with Crippen LogP contribution in [0.25, 0.3) is 0 Å². The van der Waals surface area contributed by atoms with Crippen LogP contribution in [0.15, 0.2) is 29.5 Å². The first kappa shape index (κ1) is 21.8. The molecule has 1 aliphatic rings. The summed E-state index contributed by atoms with van der Waals surface area (Å²) in [7, 11) is 1.57. The molecule has 0 aromatic heterocycles. The van der Waals surface area contributed by atoms with E-state index in [1.54, 1.807) is 46.9 Å². The third kappa shape index (κ3) is 4.30. The highest BCUT2D eigenvalue weighted by Gasteiger charge is 2.45. The van der Waals surface area contributed by atoms with E-state index in [1.165, 1.54) is 11.0 Å². The number of amides is 1. The van der Waals surface area contributed by atoms with Crippen molar-refractivity contribution in [1.29, 1.82) is 0 Å². The van der Waals surface area contributed by atoms with Gasteiger partial charge in [-0.15, -0.1) is 0 Å². The number of hydrogen-bond acceptors (Lipinski definition) is 6. The summed E-state index contributed by atoms with van der Waals surface area (Å²) in [5.41, 5.74) is -0.115. The second-order valence-electron chi connectivity index (χ2n) is 7.75. The molecule has 1 unspecified atom stereocenters. The first-order valence-electron chi connectivity index (χ1n) is 9.37. The van der Waals surface area contributed by atoms with Crippen molar-refractivity contribution in [3.63, 3.8) is 0 Å². The second-order valence-corrected chi connectivity index (χ2v) is 7.75. The number of aromatic hydroxyl groups is 1. The number of nitrogens with zero attached hydrogens (tertiary/aromatic N) is 1. The van der Waals surface area contributed by atoms with Crippen molar-refractivity contribution in [2.24, 2.45) is 5.41 Å². The Morgan fingerprint density at radius 1 is 1.25 bits per heavy atom. The molecule has 0 radical (unpaired) electrons. The quantitative estimate of drug-likeness (QED) is 0.661. The van der Waals surface area contributed by atoms with E-state index >= 15 is 0 Å². The summed E-state index contributed by atoms with van der Waals surface area (Å²) in [6.45, 7) is 8.13. The number of methoxy groups -OCH3 is 1. The zero-order chi connectivity index (χ0) is 21.1. The first-order chi connectivity index (χ1) is 13.1. The highest BCUT2D eigenvalue weighted by atomic mass is 16.5. The summed E-state index contributed by atoms with van der Waals surface area (Å²) in [4.78, 5) is 27.3. The maximum atomic E-state index is 13.1. The van der Waals surface area contributed by atoms with E-state index in [2.05, 4.69) is 0 Å². The van der Waals surface area contributed by atoms with E-state index in [4.69, 9.17) is 9.47 Å². The fraction of sp³-hybridized carbons (Fsp3) is 0.524. The van der Waals surface area contributed by atoms with Crippen LogP contribution in [0.5, 0.6) is 11.5 Å². The number of benzene rings is 1. The number of ketones is 1. The van der Waals surface area contributed by atoms with E-state index in [0.717, 1.165) is 0 Å². The van der Waals surface area contributed by atoms with Gasteiger partial charge in [0.15, 0.2) is 23.0 Å².